The van der Waals surface area contributed by atoms with Gasteiger partial charge in [0.2, 0.25) is 0 Å². The molecule has 0 unspecified atom stereocenters. The number of hydrogen-bond acceptors (Lipinski definition) is 3. The molecule has 5 nitrogen and oxygen atoms in total. The lowest BCUT2D eigenvalue weighted by Gasteiger charge is -2.31. The number of carbonyl (C=O) groups excluding carboxylic acids is 1. The number of rotatable bonds is 3. The summed E-state index contributed by atoms with van der Waals surface area (Å²) in [6, 6.07) is 17.6. The Labute approximate surface area is 175 Å². The Kier molecular flexibility index (Phi) is 4.84. The minimum Gasteiger partial charge on any atom is -0.348 e. The summed E-state index contributed by atoms with van der Waals surface area (Å²) in [7, 11) is -2.08. The van der Waals surface area contributed by atoms with E-state index in [9.17, 15) is 13.2 Å². The van der Waals surface area contributed by atoms with Crippen LogP contribution in [0.3, 0.4) is 0 Å². The van der Waals surface area contributed by atoms with Crippen LogP contribution >= 0.6 is 11.6 Å². The first-order valence-corrected chi connectivity index (χ1v) is 10.9. The van der Waals surface area contributed by atoms with Crippen molar-refractivity contribution in [3.05, 3.63) is 82.4 Å². The van der Waals surface area contributed by atoms with Crippen molar-refractivity contribution in [2.75, 3.05) is 11.4 Å². The van der Waals surface area contributed by atoms with E-state index in [0.717, 1.165) is 16.7 Å². The van der Waals surface area contributed by atoms with Crippen molar-refractivity contribution < 1.29 is 13.2 Å². The van der Waals surface area contributed by atoms with E-state index in [1.807, 2.05) is 19.1 Å². The number of hydrogen-bond donors (Lipinski definition) is 1. The quantitative estimate of drug-likeness (QED) is 0.675. The van der Waals surface area contributed by atoms with Crippen LogP contribution in [0.25, 0.3) is 11.1 Å². The molecule has 0 radical (unpaired) electrons. The minimum atomic E-state index is -3.62. The van der Waals surface area contributed by atoms with Crippen LogP contribution in [0.5, 0.6) is 0 Å². The Morgan fingerprint density at radius 2 is 1.72 bits per heavy atom. The minimum absolute atomic E-state index is 0.223. The van der Waals surface area contributed by atoms with Gasteiger partial charge >= 0.3 is 0 Å². The van der Waals surface area contributed by atoms with Gasteiger partial charge < -0.3 is 5.32 Å². The van der Waals surface area contributed by atoms with Crippen molar-refractivity contribution >= 4 is 33.2 Å². The molecule has 4 rings (SSSR count). The van der Waals surface area contributed by atoms with Gasteiger partial charge in [-0.25, -0.2) is 8.42 Å². The van der Waals surface area contributed by atoms with Gasteiger partial charge in [0.05, 0.1) is 10.6 Å². The Morgan fingerprint density at radius 1 is 1.03 bits per heavy atom. The van der Waals surface area contributed by atoms with E-state index in [4.69, 9.17) is 11.6 Å². The summed E-state index contributed by atoms with van der Waals surface area (Å²) < 4.78 is 27.0. The van der Waals surface area contributed by atoms with Crippen molar-refractivity contribution in [1.82, 2.24) is 5.32 Å². The van der Waals surface area contributed by atoms with Crippen LogP contribution in [0.2, 0.25) is 5.02 Å². The van der Waals surface area contributed by atoms with Crippen LogP contribution in [0, 0.1) is 6.92 Å². The fraction of sp³-hybridized carbons (Fsp3) is 0.136. The number of nitrogens with zero attached hydrogens (tertiary/aromatic N) is 1. The van der Waals surface area contributed by atoms with Gasteiger partial charge in [-0.05, 0) is 48.4 Å². The molecule has 0 aliphatic carbocycles. The first-order valence-electron chi connectivity index (χ1n) is 9.04. The maximum absolute atomic E-state index is 12.9. The van der Waals surface area contributed by atoms with E-state index >= 15 is 0 Å². The topological polar surface area (TPSA) is 66.5 Å². The van der Waals surface area contributed by atoms with E-state index in [0.29, 0.717) is 28.4 Å². The predicted octanol–water partition coefficient (Wildman–Crippen LogP) is 4.38. The molecule has 3 aromatic carbocycles. The van der Waals surface area contributed by atoms with Crippen molar-refractivity contribution in [3.63, 3.8) is 0 Å². The zero-order valence-electron chi connectivity index (χ0n) is 15.9. The van der Waals surface area contributed by atoms with Gasteiger partial charge in [0.15, 0.2) is 0 Å². The van der Waals surface area contributed by atoms with Crippen molar-refractivity contribution in [1.29, 1.82) is 0 Å². The molecular formula is C22H19ClN2O3S. The fourth-order valence-corrected chi connectivity index (χ4v) is 5.21. The molecule has 0 saturated carbocycles. The maximum atomic E-state index is 12.9. The molecule has 0 fully saturated rings. The molecule has 1 aliphatic heterocycles. The third kappa shape index (κ3) is 3.39. The summed E-state index contributed by atoms with van der Waals surface area (Å²) in [5.74, 6) is -0.223. The normalized spacial score (nSPS) is 14.1. The number of carbonyl (C=O) groups is 1. The molecule has 1 heterocycles. The van der Waals surface area contributed by atoms with Gasteiger partial charge in [-0.1, -0.05) is 41.9 Å². The number of amides is 1. The van der Waals surface area contributed by atoms with Crippen LogP contribution < -0.4 is 9.62 Å². The monoisotopic (exact) mass is 426 g/mol. The zero-order chi connectivity index (χ0) is 20.8. The molecule has 1 N–H and O–H groups in total. The van der Waals surface area contributed by atoms with E-state index < -0.39 is 10.0 Å². The molecule has 0 bridgehead atoms. The molecule has 0 spiro atoms. The number of nitrogens with one attached hydrogen (secondary N) is 1. The highest BCUT2D eigenvalue weighted by Crippen LogP contribution is 2.44. The van der Waals surface area contributed by atoms with Crippen LogP contribution in [-0.2, 0) is 16.6 Å². The molecular weight excluding hydrogens is 408 g/mol. The number of anilines is 1. The summed E-state index contributed by atoms with van der Waals surface area (Å²) in [5, 5.41) is 3.55. The summed E-state index contributed by atoms with van der Waals surface area (Å²) >= 11 is 5.89. The highest BCUT2D eigenvalue weighted by molar-refractivity contribution is 7.93. The lowest BCUT2D eigenvalue weighted by molar-refractivity contribution is 0.0951. The van der Waals surface area contributed by atoms with Crippen LogP contribution in [0.1, 0.15) is 21.5 Å². The first-order chi connectivity index (χ1) is 13.8. The average molecular weight is 427 g/mol. The second-order valence-corrected chi connectivity index (χ2v) is 9.34. The standard InChI is InChI=1S/C22H19ClN2O3S/c1-14-11-16(22(26)24-13-15-7-9-17(23)10-8-15)12-19-18-5-3-4-6-20(18)29(27,28)25(2)21(14)19/h3-12H,13H2,1-2H3,(H,24,26). The molecule has 1 amide bonds. The SMILES string of the molecule is Cc1cc(C(=O)NCc2ccc(Cl)cc2)cc2c1N(C)S(=O)(=O)c1ccccc1-2. The van der Waals surface area contributed by atoms with E-state index in [1.54, 1.807) is 48.5 Å². The van der Waals surface area contributed by atoms with E-state index in [1.165, 1.54) is 11.4 Å². The van der Waals surface area contributed by atoms with Crippen molar-refractivity contribution in [3.8, 4) is 11.1 Å². The number of aryl methyl sites for hydroxylation is 1. The van der Waals surface area contributed by atoms with Gasteiger partial charge in [0, 0.05) is 35.3 Å². The Balaban J connectivity index is 1.71. The lowest BCUT2D eigenvalue weighted by Crippen LogP contribution is -2.31. The Morgan fingerprint density at radius 3 is 2.45 bits per heavy atom. The Bertz CT molecular complexity index is 1220. The van der Waals surface area contributed by atoms with Gasteiger partial charge in [0.25, 0.3) is 15.9 Å². The molecule has 148 valence electrons. The third-order valence-corrected chi connectivity index (χ3v) is 7.13. The predicted molar refractivity (Wildman–Crippen MR) is 115 cm³/mol. The second-order valence-electron chi connectivity index (χ2n) is 6.97. The van der Waals surface area contributed by atoms with Crippen molar-refractivity contribution in [2.24, 2.45) is 0 Å². The summed E-state index contributed by atoms with van der Waals surface area (Å²) in [6.07, 6.45) is 0. The largest absolute Gasteiger partial charge is 0.348 e. The number of benzene rings is 3. The Hall–Kier alpha value is -2.83. The molecule has 29 heavy (non-hydrogen) atoms. The highest BCUT2D eigenvalue weighted by atomic mass is 35.5. The summed E-state index contributed by atoms with van der Waals surface area (Å²) in [4.78, 5) is 13.0. The van der Waals surface area contributed by atoms with Gasteiger partial charge in [0.1, 0.15) is 0 Å². The number of fused-ring (bicyclic) bond motifs is 3. The molecule has 0 aromatic heterocycles. The molecule has 0 atom stereocenters. The fourth-order valence-electron chi connectivity index (χ4n) is 3.60. The summed E-state index contributed by atoms with van der Waals surface area (Å²) in [6.45, 7) is 2.19. The smallest absolute Gasteiger partial charge is 0.264 e. The average Bonchev–Trinajstić information content (AvgIpc) is 2.71. The van der Waals surface area contributed by atoms with Crippen LogP contribution in [0.15, 0.2) is 65.6 Å². The van der Waals surface area contributed by atoms with E-state index in [2.05, 4.69) is 5.32 Å². The van der Waals surface area contributed by atoms with Gasteiger partial charge in [-0.2, -0.15) is 0 Å². The second kappa shape index (κ2) is 7.21. The van der Waals surface area contributed by atoms with Gasteiger partial charge in [-0.15, -0.1) is 0 Å². The molecule has 3 aromatic rings. The highest BCUT2D eigenvalue weighted by Gasteiger charge is 2.33. The number of halogens is 1. The zero-order valence-corrected chi connectivity index (χ0v) is 17.5. The maximum Gasteiger partial charge on any atom is 0.264 e. The number of sulfonamides is 1. The molecule has 1 aliphatic rings. The van der Waals surface area contributed by atoms with Crippen molar-refractivity contribution in [2.45, 2.75) is 18.4 Å². The molecule has 0 saturated heterocycles. The van der Waals surface area contributed by atoms with E-state index in [-0.39, 0.29) is 10.8 Å². The lowest BCUT2D eigenvalue weighted by atomic mass is 9.96. The first kappa shape index (κ1) is 19.5. The third-order valence-electron chi connectivity index (χ3n) is 5.06. The molecule has 7 heteroatoms. The summed E-state index contributed by atoms with van der Waals surface area (Å²) in [5.41, 5.74) is 4.08. The van der Waals surface area contributed by atoms with Crippen LogP contribution in [0.4, 0.5) is 5.69 Å². The van der Waals surface area contributed by atoms with Crippen LogP contribution in [-0.4, -0.2) is 21.4 Å². The van der Waals surface area contributed by atoms with Gasteiger partial charge in [-0.3, -0.25) is 9.10 Å².